The standard InChI is InChI=1S/C15H13F3O2/c1-9-7-10(3-5-13(9)19)11-4-6-14(20-2)12(8-11)15(16,17)18/h3-8,19H,1-2H3. The number of methoxy groups -OCH3 is 1. The summed E-state index contributed by atoms with van der Waals surface area (Å²) >= 11 is 0. The topological polar surface area (TPSA) is 29.5 Å². The fraction of sp³-hybridized carbons (Fsp3) is 0.200. The van der Waals surface area contributed by atoms with Crippen LogP contribution in [0.15, 0.2) is 36.4 Å². The molecule has 0 saturated carbocycles. The van der Waals surface area contributed by atoms with Crippen LogP contribution in [0.4, 0.5) is 13.2 Å². The molecule has 2 nitrogen and oxygen atoms in total. The van der Waals surface area contributed by atoms with E-state index >= 15 is 0 Å². The second-order valence-electron chi connectivity index (χ2n) is 4.41. The first-order chi connectivity index (χ1) is 9.32. The molecular formula is C15H13F3O2. The Morgan fingerprint density at radius 2 is 1.60 bits per heavy atom. The molecule has 0 unspecified atom stereocenters. The Balaban J connectivity index is 2.55. The predicted molar refractivity (Wildman–Crippen MR) is 69.8 cm³/mol. The lowest BCUT2D eigenvalue weighted by molar-refractivity contribution is -0.138. The van der Waals surface area contributed by atoms with Crippen molar-refractivity contribution in [1.82, 2.24) is 0 Å². The Morgan fingerprint density at radius 1 is 1.00 bits per heavy atom. The van der Waals surface area contributed by atoms with Gasteiger partial charge in [0.2, 0.25) is 0 Å². The van der Waals surface area contributed by atoms with Crippen LogP contribution in [0.1, 0.15) is 11.1 Å². The van der Waals surface area contributed by atoms with Gasteiger partial charge in [0.25, 0.3) is 0 Å². The van der Waals surface area contributed by atoms with Gasteiger partial charge in [-0.25, -0.2) is 0 Å². The van der Waals surface area contributed by atoms with Crippen LogP contribution in [0.2, 0.25) is 0 Å². The van der Waals surface area contributed by atoms with Crippen molar-refractivity contribution in [1.29, 1.82) is 0 Å². The minimum Gasteiger partial charge on any atom is -0.508 e. The lowest BCUT2D eigenvalue weighted by Gasteiger charge is -2.14. The van der Waals surface area contributed by atoms with E-state index in [9.17, 15) is 18.3 Å². The average Bonchev–Trinajstić information content (AvgIpc) is 2.40. The van der Waals surface area contributed by atoms with Gasteiger partial charge in [0.05, 0.1) is 12.7 Å². The van der Waals surface area contributed by atoms with Crippen molar-refractivity contribution in [3.8, 4) is 22.6 Å². The summed E-state index contributed by atoms with van der Waals surface area (Å²) in [6.45, 7) is 1.69. The summed E-state index contributed by atoms with van der Waals surface area (Å²) in [7, 11) is 1.20. The number of rotatable bonds is 2. The molecule has 0 radical (unpaired) electrons. The molecule has 1 N–H and O–H groups in total. The van der Waals surface area contributed by atoms with Gasteiger partial charge in [-0.15, -0.1) is 0 Å². The van der Waals surface area contributed by atoms with E-state index in [1.807, 2.05) is 0 Å². The first-order valence-corrected chi connectivity index (χ1v) is 5.88. The summed E-state index contributed by atoms with van der Waals surface area (Å²) in [5, 5.41) is 9.46. The summed E-state index contributed by atoms with van der Waals surface area (Å²) in [5.41, 5.74) is 0.810. The fourth-order valence-electron chi connectivity index (χ4n) is 1.94. The number of aryl methyl sites for hydroxylation is 1. The Hall–Kier alpha value is -2.17. The van der Waals surface area contributed by atoms with Crippen LogP contribution in [0.5, 0.6) is 11.5 Å². The van der Waals surface area contributed by atoms with Gasteiger partial charge in [0, 0.05) is 0 Å². The predicted octanol–water partition coefficient (Wildman–Crippen LogP) is 4.40. The smallest absolute Gasteiger partial charge is 0.419 e. The third kappa shape index (κ3) is 2.71. The van der Waals surface area contributed by atoms with Crippen molar-refractivity contribution in [3.05, 3.63) is 47.5 Å². The highest BCUT2D eigenvalue weighted by atomic mass is 19.4. The number of phenols is 1. The molecule has 0 bridgehead atoms. The number of hydrogen-bond donors (Lipinski definition) is 1. The molecule has 2 aromatic rings. The number of aromatic hydroxyl groups is 1. The maximum Gasteiger partial charge on any atom is 0.419 e. The van der Waals surface area contributed by atoms with Gasteiger partial charge < -0.3 is 9.84 Å². The fourth-order valence-corrected chi connectivity index (χ4v) is 1.94. The van der Waals surface area contributed by atoms with Crippen molar-refractivity contribution in [2.24, 2.45) is 0 Å². The lowest BCUT2D eigenvalue weighted by atomic mass is 10.00. The van der Waals surface area contributed by atoms with Gasteiger partial charge in [0.1, 0.15) is 11.5 Å². The van der Waals surface area contributed by atoms with Gasteiger partial charge in [-0.1, -0.05) is 12.1 Å². The van der Waals surface area contributed by atoms with E-state index in [-0.39, 0.29) is 11.5 Å². The van der Waals surface area contributed by atoms with E-state index < -0.39 is 11.7 Å². The summed E-state index contributed by atoms with van der Waals surface area (Å²) in [6, 6.07) is 8.56. The van der Waals surface area contributed by atoms with Gasteiger partial charge in [-0.3, -0.25) is 0 Å². The molecule has 2 aromatic carbocycles. The molecule has 20 heavy (non-hydrogen) atoms. The van der Waals surface area contributed by atoms with Gasteiger partial charge in [-0.2, -0.15) is 13.2 Å². The van der Waals surface area contributed by atoms with E-state index in [2.05, 4.69) is 0 Å². The van der Waals surface area contributed by atoms with Crippen LogP contribution in [0.25, 0.3) is 11.1 Å². The van der Waals surface area contributed by atoms with Crippen LogP contribution in [-0.4, -0.2) is 12.2 Å². The number of benzene rings is 2. The minimum absolute atomic E-state index is 0.110. The van der Waals surface area contributed by atoms with E-state index in [1.54, 1.807) is 25.1 Å². The molecule has 0 spiro atoms. The highest BCUT2D eigenvalue weighted by Crippen LogP contribution is 2.39. The summed E-state index contributed by atoms with van der Waals surface area (Å²) < 4.78 is 43.6. The molecule has 0 aliphatic carbocycles. The van der Waals surface area contributed by atoms with Gasteiger partial charge >= 0.3 is 6.18 Å². The third-order valence-electron chi connectivity index (χ3n) is 3.04. The molecule has 0 aromatic heterocycles. The summed E-state index contributed by atoms with van der Waals surface area (Å²) in [6.07, 6.45) is -4.48. The zero-order chi connectivity index (χ0) is 14.9. The van der Waals surface area contributed by atoms with E-state index in [0.29, 0.717) is 16.7 Å². The van der Waals surface area contributed by atoms with Crippen molar-refractivity contribution >= 4 is 0 Å². The van der Waals surface area contributed by atoms with E-state index in [1.165, 1.54) is 19.2 Å². The van der Waals surface area contributed by atoms with Crippen LogP contribution in [0, 0.1) is 6.92 Å². The summed E-state index contributed by atoms with van der Waals surface area (Å²) in [5.74, 6) is -0.102. The largest absolute Gasteiger partial charge is 0.508 e. The highest BCUT2D eigenvalue weighted by Gasteiger charge is 2.34. The van der Waals surface area contributed by atoms with Crippen molar-refractivity contribution < 1.29 is 23.0 Å². The average molecular weight is 282 g/mol. The monoisotopic (exact) mass is 282 g/mol. The van der Waals surface area contributed by atoms with Crippen LogP contribution >= 0.6 is 0 Å². The van der Waals surface area contributed by atoms with E-state index in [0.717, 1.165) is 6.07 Å². The number of phenolic OH excluding ortho intramolecular Hbond substituents is 1. The molecular weight excluding hydrogens is 269 g/mol. The maximum absolute atomic E-state index is 13.0. The van der Waals surface area contributed by atoms with Crippen LogP contribution in [-0.2, 0) is 6.18 Å². The Kier molecular flexibility index (Phi) is 3.61. The molecule has 0 atom stereocenters. The molecule has 106 valence electrons. The molecule has 0 aliphatic rings. The maximum atomic E-state index is 13.0. The SMILES string of the molecule is COc1ccc(-c2ccc(O)c(C)c2)cc1C(F)(F)F. The van der Waals surface area contributed by atoms with Crippen molar-refractivity contribution in [2.45, 2.75) is 13.1 Å². The Labute approximate surface area is 114 Å². The molecule has 2 rings (SSSR count). The van der Waals surface area contributed by atoms with Gasteiger partial charge in [0.15, 0.2) is 0 Å². The van der Waals surface area contributed by atoms with E-state index in [4.69, 9.17) is 4.74 Å². The first-order valence-electron chi connectivity index (χ1n) is 5.88. The normalized spacial score (nSPS) is 11.4. The number of ether oxygens (including phenoxy) is 1. The van der Waals surface area contributed by atoms with Crippen molar-refractivity contribution in [3.63, 3.8) is 0 Å². The van der Waals surface area contributed by atoms with Crippen molar-refractivity contribution in [2.75, 3.05) is 7.11 Å². The molecule has 0 aliphatic heterocycles. The van der Waals surface area contributed by atoms with Crippen LogP contribution in [0.3, 0.4) is 0 Å². The molecule has 0 fully saturated rings. The Morgan fingerprint density at radius 3 is 2.15 bits per heavy atom. The lowest BCUT2D eigenvalue weighted by Crippen LogP contribution is -2.07. The molecule has 0 heterocycles. The minimum atomic E-state index is -4.48. The highest BCUT2D eigenvalue weighted by molar-refractivity contribution is 5.67. The quantitative estimate of drug-likeness (QED) is 0.885. The number of hydrogen-bond acceptors (Lipinski definition) is 2. The first kappa shape index (κ1) is 14.2. The third-order valence-corrected chi connectivity index (χ3v) is 3.04. The van der Waals surface area contributed by atoms with Gasteiger partial charge in [-0.05, 0) is 47.9 Å². The number of alkyl halides is 3. The second kappa shape index (κ2) is 5.07. The van der Waals surface area contributed by atoms with Crippen LogP contribution < -0.4 is 4.74 Å². The molecule has 5 heteroatoms. The second-order valence-corrected chi connectivity index (χ2v) is 4.41. The summed E-state index contributed by atoms with van der Waals surface area (Å²) in [4.78, 5) is 0. The zero-order valence-corrected chi connectivity index (χ0v) is 11.0. The Bertz CT molecular complexity index is 634. The molecule has 0 amide bonds. The zero-order valence-electron chi connectivity index (χ0n) is 11.0. The number of halogens is 3. The molecule has 0 saturated heterocycles.